The van der Waals surface area contributed by atoms with Gasteiger partial charge in [0.25, 0.3) is 0 Å². The minimum absolute atomic E-state index is 0.341. The molecular formula is C14H15ClN2O. The van der Waals surface area contributed by atoms with Gasteiger partial charge in [-0.25, -0.2) is 4.98 Å². The highest BCUT2D eigenvalue weighted by Crippen LogP contribution is 2.27. The summed E-state index contributed by atoms with van der Waals surface area (Å²) in [6.45, 7) is 2.07. The van der Waals surface area contributed by atoms with Crippen LogP contribution in [0.1, 0.15) is 12.5 Å². The lowest BCUT2D eigenvalue weighted by Gasteiger charge is -2.25. The predicted molar refractivity (Wildman–Crippen MR) is 73.7 cm³/mol. The van der Waals surface area contributed by atoms with Crippen molar-refractivity contribution in [2.45, 2.75) is 12.5 Å². The summed E-state index contributed by atoms with van der Waals surface area (Å²) < 4.78 is 0. The second-order valence-corrected chi connectivity index (χ2v) is 4.73. The Bertz CT molecular complexity index is 514. The van der Waals surface area contributed by atoms with E-state index in [2.05, 4.69) is 10.3 Å². The summed E-state index contributed by atoms with van der Waals surface area (Å²) in [4.78, 5) is 4.14. The molecule has 0 saturated heterocycles. The van der Waals surface area contributed by atoms with Crippen molar-refractivity contribution in [3.05, 3.63) is 59.2 Å². The van der Waals surface area contributed by atoms with Crippen molar-refractivity contribution in [1.82, 2.24) is 4.98 Å². The summed E-state index contributed by atoms with van der Waals surface area (Å²) in [7, 11) is 0. The topological polar surface area (TPSA) is 45.1 Å². The van der Waals surface area contributed by atoms with Gasteiger partial charge in [0.15, 0.2) is 0 Å². The lowest BCUT2D eigenvalue weighted by atomic mass is 9.96. The molecule has 18 heavy (non-hydrogen) atoms. The van der Waals surface area contributed by atoms with E-state index in [1.54, 1.807) is 19.2 Å². The monoisotopic (exact) mass is 262 g/mol. The summed E-state index contributed by atoms with van der Waals surface area (Å²) in [5, 5.41) is 14.1. The quantitative estimate of drug-likeness (QED) is 0.890. The van der Waals surface area contributed by atoms with Crippen molar-refractivity contribution in [1.29, 1.82) is 0 Å². The SMILES string of the molecule is CC(O)(CNc1ccccn1)c1ccccc1Cl. The summed E-state index contributed by atoms with van der Waals surface area (Å²) in [5.41, 5.74) is -0.342. The van der Waals surface area contributed by atoms with Gasteiger partial charge in [-0.2, -0.15) is 0 Å². The smallest absolute Gasteiger partial charge is 0.125 e. The normalized spacial score (nSPS) is 13.9. The largest absolute Gasteiger partial charge is 0.384 e. The van der Waals surface area contributed by atoms with E-state index in [9.17, 15) is 5.11 Å². The van der Waals surface area contributed by atoms with Crippen LogP contribution in [-0.4, -0.2) is 16.6 Å². The van der Waals surface area contributed by atoms with Crippen molar-refractivity contribution < 1.29 is 5.11 Å². The van der Waals surface area contributed by atoms with Gasteiger partial charge in [0.1, 0.15) is 11.4 Å². The van der Waals surface area contributed by atoms with E-state index in [1.165, 1.54) is 0 Å². The minimum Gasteiger partial charge on any atom is -0.384 e. The number of nitrogens with one attached hydrogen (secondary N) is 1. The number of nitrogens with zero attached hydrogens (tertiary/aromatic N) is 1. The standard InChI is InChI=1S/C14H15ClN2O/c1-14(18,11-6-2-3-7-12(11)15)10-17-13-8-4-5-9-16-13/h2-9,18H,10H2,1H3,(H,16,17). The number of benzene rings is 1. The Balaban J connectivity index is 2.11. The van der Waals surface area contributed by atoms with Crippen LogP contribution in [0.15, 0.2) is 48.7 Å². The molecule has 1 unspecified atom stereocenters. The molecule has 3 nitrogen and oxygen atoms in total. The number of pyridine rings is 1. The maximum Gasteiger partial charge on any atom is 0.125 e. The molecule has 4 heteroatoms. The van der Waals surface area contributed by atoms with Crippen LogP contribution < -0.4 is 5.32 Å². The summed E-state index contributed by atoms with van der Waals surface area (Å²) in [5.74, 6) is 0.727. The molecule has 0 fully saturated rings. The fourth-order valence-corrected chi connectivity index (χ4v) is 2.06. The first-order chi connectivity index (χ1) is 8.59. The zero-order valence-corrected chi connectivity index (χ0v) is 10.9. The molecule has 1 aromatic carbocycles. The highest BCUT2D eigenvalue weighted by atomic mass is 35.5. The van der Waals surface area contributed by atoms with Crippen LogP contribution in [0.5, 0.6) is 0 Å². The maximum atomic E-state index is 10.5. The van der Waals surface area contributed by atoms with Gasteiger partial charge >= 0.3 is 0 Å². The van der Waals surface area contributed by atoms with Crippen LogP contribution in [-0.2, 0) is 5.60 Å². The molecular weight excluding hydrogens is 248 g/mol. The van der Waals surface area contributed by atoms with Gasteiger partial charge in [0, 0.05) is 23.3 Å². The average Bonchev–Trinajstić information content (AvgIpc) is 2.38. The van der Waals surface area contributed by atoms with Crippen molar-refractivity contribution in [2.75, 3.05) is 11.9 Å². The first kappa shape index (κ1) is 12.9. The molecule has 0 aliphatic rings. The van der Waals surface area contributed by atoms with Crippen molar-refractivity contribution in [2.24, 2.45) is 0 Å². The van der Waals surface area contributed by atoms with Crippen molar-refractivity contribution >= 4 is 17.4 Å². The Morgan fingerprint density at radius 1 is 1.22 bits per heavy atom. The Morgan fingerprint density at radius 2 is 1.94 bits per heavy atom. The first-order valence-electron chi connectivity index (χ1n) is 5.72. The van der Waals surface area contributed by atoms with Crippen LogP contribution in [0.3, 0.4) is 0 Å². The van der Waals surface area contributed by atoms with Crippen LogP contribution in [0.4, 0.5) is 5.82 Å². The molecule has 94 valence electrons. The van der Waals surface area contributed by atoms with E-state index in [0.717, 1.165) is 5.82 Å². The van der Waals surface area contributed by atoms with Crippen LogP contribution >= 0.6 is 11.6 Å². The Morgan fingerprint density at radius 3 is 2.61 bits per heavy atom. The number of hydrogen-bond donors (Lipinski definition) is 2. The molecule has 0 spiro atoms. The molecule has 0 saturated carbocycles. The lowest BCUT2D eigenvalue weighted by molar-refractivity contribution is 0.0715. The van der Waals surface area contributed by atoms with Crippen molar-refractivity contribution in [3.63, 3.8) is 0 Å². The van der Waals surface area contributed by atoms with E-state index in [1.807, 2.05) is 36.4 Å². The van der Waals surface area contributed by atoms with E-state index >= 15 is 0 Å². The Labute approximate surface area is 111 Å². The Hall–Kier alpha value is -1.58. The van der Waals surface area contributed by atoms with E-state index in [-0.39, 0.29) is 0 Å². The van der Waals surface area contributed by atoms with Gasteiger partial charge in [-0.1, -0.05) is 35.9 Å². The van der Waals surface area contributed by atoms with E-state index in [4.69, 9.17) is 11.6 Å². The van der Waals surface area contributed by atoms with Gasteiger partial charge in [0.05, 0.1) is 0 Å². The molecule has 0 amide bonds. The zero-order valence-electron chi connectivity index (χ0n) is 10.1. The second-order valence-electron chi connectivity index (χ2n) is 4.32. The Kier molecular flexibility index (Phi) is 3.84. The number of anilines is 1. The molecule has 2 rings (SSSR count). The second kappa shape index (κ2) is 5.38. The van der Waals surface area contributed by atoms with Crippen LogP contribution in [0.25, 0.3) is 0 Å². The van der Waals surface area contributed by atoms with Crippen LogP contribution in [0.2, 0.25) is 5.02 Å². The third-order valence-electron chi connectivity index (χ3n) is 2.73. The molecule has 2 aromatic rings. The van der Waals surface area contributed by atoms with E-state index in [0.29, 0.717) is 17.1 Å². The van der Waals surface area contributed by atoms with Crippen molar-refractivity contribution in [3.8, 4) is 0 Å². The fourth-order valence-electron chi connectivity index (χ4n) is 1.72. The fraction of sp³-hybridized carbons (Fsp3) is 0.214. The third-order valence-corrected chi connectivity index (χ3v) is 3.06. The predicted octanol–water partition coefficient (Wildman–Crippen LogP) is 3.05. The average molecular weight is 263 g/mol. The summed E-state index contributed by atoms with van der Waals surface area (Å²) >= 11 is 6.09. The van der Waals surface area contributed by atoms with Gasteiger partial charge in [-0.15, -0.1) is 0 Å². The number of aromatic nitrogens is 1. The number of rotatable bonds is 4. The third kappa shape index (κ3) is 3.00. The van der Waals surface area contributed by atoms with Gasteiger partial charge in [-0.3, -0.25) is 0 Å². The van der Waals surface area contributed by atoms with Crippen LogP contribution in [0, 0.1) is 0 Å². The summed E-state index contributed by atoms with van der Waals surface area (Å²) in [6.07, 6.45) is 1.70. The molecule has 1 heterocycles. The molecule has 2 N–H and O–H groups in total. The number of hydrogen-bond acceptors (Lipinski definition) is 3. The molecule has 0 aliphatic carbocycles. The minimum atomic E-state index is -1.05. The highest BCUT2D eigenvalue weighted by Gasteiger charge is 2.25. The molecule has 0 radical (unpaired) electrons. The zero-order chi connectivity index (χ0) is 13.0. The van der Waals surface area contributed by atoms with Gasteiger partial charge < -0.3 is 10.4 Å². The highest BCUT2D eigenvalue weighted by molar-refractivity contribution is 6.31. The molecule has 0 bridgehead atoms. The lowest BCUT2D eigenvalue weighted by Crippen LogP contribution is -2.31. The number of halogens is 1. The molecule has 1 aromatic heterocycles. The van der Waals surface area contributed by atoms with E-state index < -0.39 is 5.60 Å². The first-order valence-corrected chi connectivity index (χ1v) is 6.10. The maximum absolute atomic E-state index is 10.5. The van der Waals surface area contributed by atoms with Gasteiger partial charge in [0.2, 0.25) is 0 Å². The molecule has 0 aliphatic heterocycles. The number of aliphatic hydroxyl groups is 1. The molecule has 1 atom stereocenters. The van der Waals surface area contributed by atoms with Gasteiger partial charge in [-0.05, 0) is 25.1 Å². The summed E-state index contributed by atoms with van der Waals surface area (Å²) in [6, 6.07) is 12.9.